The van der Waals surface area contributed by atoms with Crippen LogP contribution in [0.15, 0.2) is 24.4 Å². The molecule has 22 heavy (non-hydrogen) atoms. The average Bonchev–Trinajstić information content (AvgIpc) is 3.20. The third-order valence-electron chi connectivity index (χ3n) is 3.84. The Morgan fingerprint density at radius 3 is 3.09 bits per heavy atom. The van der Waals surface area contributed by atoms with Crippen LogP contribution in [0.3, 0.4) is 0 Å². The maximum atomic E-state index is 5.99. The predicted octanol–water partition coefficient (Wildman–Crippen LogP) is 1.04. The molecule has 0 aromatic carbocycles. The number of hydrogen-bond acceptors (Lipinski definition) is 6. The van der Waals surface area contributed by atoms with Gasteiger partial charge in [-0.3, -0.25) is 5.10 Å². The highest BCUT2D eigenvalue weighted by Gasteiger charge is 2.22. The van der Waals surface area contributed by atoms with Crippen molar-refractivity contribution in [3.05, 3.63) is 30.1 Å². The number of aryl methyl sites for hydroxylation is 1. The van der Waals surface area contributed by atoms with Crippen LogP contribution >= 0.6 is 0 Å². The minimum atomic E-state index is 0.189. The largest absolute Gasteiger partial charge is 0.338 e. The highest BCUT2D eigenvalue weighted by atomic mass is 15.4. The van der Waals surface area contributed by atoms with Gasteiger partial charge >= 0.3 is 0 Å². The van der Waals surface area contributed by atoms with E-state index in [1.54, 1.807) is 0 Å². The van der Waals surface area contributed by atoms with Gasteiger partial charge in [-0.15, -0.1) is 5.10 Å². The summed E-state index contributed by atoms with van der Waals surface area (Å²) in [5.74, 6) is 2.16. The van der Waals surface area contributed by atoms with Crippen molar-refractivity contribution in [2.75, 3.05) is 23.3 Å². The molecule has 0 unspecified atom stereocenters. The van der Waals surface area contributed by atoms with Gasteiger partial charge in [-0.25, -0.2) is 4.52 Å². The molecule has 4 rings (SSSR count). The molecule has 1 saturated heterocycles. The summed E-state index contributed by atoms with van der Waals surface area (Å²) in [5, 5.41) is 14.9. The van der Waals surface area contributed by atoms with Gasteiger partial charge in [-0.2, -0.15) is 10.1 Å². The van der Waals surface area contributed by atoms with Crippen molar-refractivity contribution in [2.45, 2.75) is 19.4 Å². The van der Waals surface area contributed by atoms with Crippen LogP contribution in [0.5, 0.6) is 0 Å². The Hall–Kier alpha value is -2.61. The normalized spacial score (nSPS) is 18.3. The van der Waals surface area contributed by atoms with Gasteiger partial charge in [0, 0.05) is 37.1 Å². The topological polar surface area (TPSA) is 100 Å². The third-order valence-corrected chi connectivity index (χ3v) is 3.84. The zero-order chi connectivity index (χ0) is 15.1. The zero-order valence-electron chi connectivity index (χ0n) is 12.3. The predicted molar refractivity (Wildman–Crippen MR) is 84.4 cm³/mol. The summed E-state index contributed by atoms with van der Waals surface area (Å²) in [6.45, 7) is 3.63. The first-order valence-electron chi connectivity index (χ1n) is 7.34. The third kappa shape index (κ3) is 2.27. The lowest BCUT2D eigenvalue weighted by Gasteiger charge is -2.17. The number of aromatic nitrogens is 5. The highest BCUT2D eigenvalue weighted by Crippen LogP contribution is 2.23. The van der Waals surface area contributed by atoms with Crippen LogP contribution in [-0.4, -0.2) is 43.9 Å². The second-order valence-electron chi connectivity index (χ2n) is 5.65. The van der Waals surface area contributed by atoms with E-state index >= 15 is 0 Å². The molecule has 8 heteroatoms. The SMILES string of the molecule is Cc1cc(Nc2nc(N3CC[C@H](N)C3)nn3cccc23)n[nH]1. The van der Waals surface area contributed by atoms with Crippen molar-refractivity contribution in [2.24, 2.45) is 5.73 Å². The minimum Gasteiger partial charge on any atom is -0.338 e. The number of fused-ring (bicyclic) bond motifs is 1. The molecule has 0 bridgehead atoms. The smallest absolute Gasteiger partial charge is 0.245 e. The molecule has 1 aliphatic rings. The lowest BCUT2D eigenvalue weighted by atomic mass is 10.3. The number of H-pyrrole nitrogens is 1. The van der Waals surface area contributed by atoms with E-state index in [0.29, 0.717) is 5.95 Å². The van der Waals surface area contributed by atoms with Crippen molar-refractivity contribution in [1.29, 1.82) is 0 Å². The number of aromatic amines is 1. The van der Waals surface area contributed by atoms with Crippen molar-refractivity contribution in [1.82, 2.24) is 24.8 Å². The van der Waals surface area contributed by atoms with Gasteiger partial charge in [0.1, 0.15) is 5.52 Å². The van der Waals surface area contributed by atoms with Gasteiger partial charge in [0.2, 0.25) is 5.95 Å². The fraction of sp³-hybridized carbons (Fsp3) is 0.357. The van der Waals surface area contributed by atoms with E-state index in [1.807, 2.05) is 35.8 Å². The van der Waals surface area contributed by atoms with Crippen LogP contribution in [0, 0.1) is 6.92 Å². The fourth-order valence-electron chi connectivity index (χ4n) is 2.72. The Balaban J connectivity index is 1.73. The van der Waals surface area contributed by atoms with Crippen LogP contribution in [0.2, 0.25) is 0 Å². The Bertz CT molecular complexity index is 804. The van der Waals surface area contributed by atoms with Crippen LogP contribution in [0.4, 0.5) is 17.6 Å². The summed E-state index contributed by atoms with van der Waals surface area (Å²) in [5.41, 5.74) is 7.89. The molecule has 0 amide bonds. The summed E-state index contributed by atoms with van der Waals surface area (Å²) in [4.78, 5) is 6.78. The summed E-state index contributed by atoms with van der Waals surface area (Å²) in [7, 11) is 0. The molecule has 1 aliphatic heterocycles. The first-order chi connectivity index (χ1) is 10.7. The summed E-state index contributed by atoms with van der Waals surface area (Å²) in [6, 6.07) is 6.05. The first kappa shape index (κ1) is 13.1. The van der Waals surface area contributed by atoms with Crippen LogP contribution in [-0.2, 0) is 0 Å². The second-order valence-corrected chi connectivity index (χ2v) is 5.65. The highest BCUT2D eigenvalue weighted by molar-refractivity contribution is 5.73. The van der Waals surface area contributed by atoms with Gasteiger partial charge < -0.3 is 16.0 Å². The summed E-state index contributed by atoms with van der Waals surface area (Å²) >= 11 is 0. The molecule has 3 aromatic heterocycles. The number of nitrogens with one attached hydrogen (secondary N) is 2. The van der Waals surface area contributed by atoms with E-state index in [0.717, 1.165) is 42.4 Å². The van der Waals surface area contributed by atoms with E-state index in [9.17, 15) is 0 Å². The van der Waals surface area contributed by atoms with Gasteiger partial charge in [0.15, 0.2) is 11.6 Å². The number of nitrogens with zero attached hydrogens (tertiary/aromatic N) is 5. The molecule has 0 saturated carbocycles. The summed E-state index contributed by atoms with van der Waals surface area (Å²) in [6.07, 6.45) is 2.88. The molecular formula is C14H18N8. The monoisotopic (exact) mass is 298 g/mol. The van der Waals surface area contributed by atoms with Crippen molar-refractivity contribution >= 4 is 23.1 Å². The number of hydrogen-bond donors (Lipinski definition) is 3. The van der Waals surface area contributed by atoms with Crippen LogP contribution < -0.4 is 16.0 Å². The van der Waals surface area contributed by atoms with Gasteiger partial charge in [-0.05, 0) is 25.5 Å². The molecule has 1 atom stereocenters. The molecule has 0 aliphatic carbocycles. The van der Waals surface area contributed by atoms with Gasteiger partial charge in [0.05, 0.1) is 0 Å². The standard InChI is InChI=1S/C14H18N8/c1-9-7-12(19-18-9)16-13-11-3-2-5-22(11)20-14(17-13)21-6-4-10(15)8-21/h2-3,5,7,10H,4,6,8,15H2,1H3,(H2,16,17,18,19,20)/t10-/m0/s1. The van der Waals surface area contributed by atoms with Crippen molar-refractivity contribution < 1.29 is 0 Å². The molecule has 0 radical (unpaired) electrons. The van der Waals surface area contributed by atoms with Gasteiger partial charge in [0.25, 0.3) is 0 Å². The Morgan fingerprint density at radius 2 is 2.36 bits per heavy atom. The van der Waals surface area contributed by atoms with Crippen LogP contribution in [0.1, 0.15) is 12.1 Å². The minimum absolute atomic E-state index is 0.189. The van der Waals surface area contributed by atoms with Crippen molar-refractivity contribution in [3.8, 4) is 0 Å². The van der Waals surface area contributed by atoms with Crippen molar-refractivity contribution in [3.63, 3.8) is 0 Å². The molecule has 1 fully saturated rings. The number of rotatable bonds is 3. The van der Waals surface area contributed by atoms with Crippen LogP contribution in [0.25, 0.3) is 5.52 Å². The lowest BCUT2D eigenvalue weighted by molar-refractivity contribution is 0.747. The Morgan fingerprint density at radius 1 is 1.45 bits per heavy atom. The molecule has 8 nitrogen and oxygen atoms in total. The molecule has 3 aromatic rings. The maximum Gasteiger partial charge on any atom is 0.245 e. The molecule has 4 N–H and O–H groups in total. The second kappa shape index (κ2) is 4.99. The lowest BCUT2D eigenvalue weighted by Crippen LogP contribution is -2.28. The number of nitrogens with two attached hydrogens (primary N) is 1. The zero-order valence-corrected chi connectivity index (χ0v) is 12.3. The number of anilines is 3. The summed E-state index contributed by atoms with van der Waals surface area (Å²) < 4.78 is 1.83. The van der Waals surface area contributed by atoms with E-state index in [2.05, 4.69) is 30.5 Å². The van der Waals surface area contributed by atoms with E-state index < -0.39 is 0 Å². The van der Waals surface area contributed by atoms with E-state index in [1.165, 1.54) is 0 Å². The molecular weight excluding hydrogens is 280 g/mol. The van der Waals surface area contributed by atoms with E-state index in [-0.39, 0.29) is 6.04 Å². The Labute approximate surface area is 127 Å². The first-order valence-corrected chi connectivity index (χ1v) is 7.34. The quantitative estimate of drug-likeness (QED) is 0.668. The maximum absolute atomic E-state index is 5.99. The van der Waals surface area contributed by atoms with Gasteiger partial charge in [-0.1, -0.05) is 0 Å². The average molecular weight is 298 g/mol. The molecule has 114 valence electrons. The molecule has 0 spiro atoms. The Kier molecular flexibility index (Phi) is 2.97. The van der Waals surface area contributed by atoms with E-state index in [4.69, 9.17) is 5.73 Å². The fourth-order valence-corrected chi connectivity index (χ4v) is 2.72. The molecule has 4 heterocycles.